The zero-order valence-corrected chi connectivity index (χ0v) is 18.8. The molecule has 4 aromatic rings. The van der Waals surface area contributed by atoms with Crippen LogP contribution in [0.2, 0.25) is 0 Å². The number of methoxy groups -OCH3 is 2. The van der Waals surface area contributed by atoms with E-state index in [1.54, 1.807) is 43.0 Å². The molecule has 0 saturated heterocycles. The van der Waals surface area contributed by atoms with E-state index in [2.05, 4.69) is 15.3 Å². The highest BCUT2D eigenvalue weighted by Crippen LogP contribution is 2.27. The first kappa shape index (κ1) is 22.2. The molecule has 0 atom stereocenters. The SMILES string of the molecule is COc1ccc(CCn2c(=O)c3ncccc3n(CC(=O)Nc3nccs3)c2=O)cc1OC. The maximum atomic E-state index is 13.2. The number of carbonyl (C=O) groups is 1. The van der Waals surface area contributed by atoms with Gasteiger partial charge in [-0.05, 0) is 36.2 Å². The Hall–Kier alpha value is -3.99. The molecule has 4 rings (SSSR count). The van der Waals surface area contributed by atoms with E-state index in [0.29, 0.717) is 28.6 Å². The van der Waals surface area contributed by atoms with Crippen molar-refractivity contribution >= 4 is 33.4 Å². The molecule has 1 amide bonds. The highest BCUT2D eigenvalue weighted by molar-refractivity contribution is 7.13. The summed E-state index contributed by atoms with van der Waals surface area (Å²) >= 11 is 1.27. The van der Waals surface area contributed by atoms with E-state index in [1.807, 2.05) is 6.07 Å². The Morgan fingerprint density at radius 1 is 1.06 bits per heavy atom. The van der Waals surface area contributed by atoms with Gasteiger partial charge in [-0.15, -0.1) is 11.3 Å². The number of ether oxygens (including phenoxy) is 2. The molecular weight excluding hydrogens is 446 g/mol. The third-order valence-corrected chi connectivity index (χ3v) is 5.73. The lowest BCUT2D eigenvalue weighted by Crippen LogP contribution is -2.42. The Morgan fingerprint density at radius 2 is 1.88 bits per heavy atom. The average Bonchev–Trinajstić information content (AvgIpc) is 3.34. The molecule has 0 bridgehead atoms. The molecule has 170 valence electrons. The standard InChI is InChI=1S/C22H21N5O5S/c1-31-16-6-5-14(12-17(16)32-2)7-10-26-20(29)19-15(4-3-8-23-19)27(22(26)30)13-18(28)25-21-24-9-11-33-21/h3-6,8-9,11-12H,7,10,13H2,1-2H3,(H,24,25,28). The van der Waals surface area contributed by atoms with Crippen molar-refractivity contribution in [3.63, 3.8) is 0 Å². The van der Waals surface area contributed by atoms with Gasteiger partial charge >= 0.3 is 5.69 Å². The van der Waals surface area contributed by atoms with Gasteiger partial charge in [-0.3, -0.25) is 18.7 Å². The van der Waals surface area contributed by atoms with Crippen molar-refractivity contribution in [1.82, 2.24) is 19.1 Å². The normalized spacial score (nSPS) is 10.8. The lowest BCUT2D eigenvalue weighted by molar-refractivity contribution is -0.116. The monoisotopic (exact) mass is 467 g/mol. The van der Waals surface area contributed by atoms with Gasteiger partial charge in [0.25, 0.3) is 5.56 Å². The van der Waals surface area contributed by atoms with Crippen LogP contribution in [0.5, 0.6) is 11.5 Å². The molecule has 3 aromatic heterocycles. The number of amides is 1. The van der Waals surface area contributed by atoms with Crippen LogP contribution < -0.4 is 26.0 Å². The van der Waals surface area contributed by atoms with Crippen molar-refractivity contribution in [3.05, 3.63) is 74.5 Å². The van der Waals surface area contributed by atoms with Crippen LogP contribution in [-0.4, -0.2) is 39.2 Å². The van der Waals surface area contributed by atoms with Crippen LogP contribution >= 0.6 is 11.3 Å². The minimum Gasteiger partial charge on any atom is -0.493 e. The summed E-state index contributed by atoms with van der Waals surface area (Å²) < 4.78 is 12.9. The predicted molar refractivity (Wildman–Crippen MR) is 124 cm³/mol. The first-order valence-electron chi connectivity index (χ1n) is 10.0. The second kappa shape index (κ2) is 9.65. The Balaban J connectivity index is 1.68. The maximum Gasteiger partial charge on any atom is 0.332 e. The van der Waals surface area contributed by atoms with Crippen molar-refractivity contribution in [2.45, 2.75) is 19.5 Å². The van der Waals surface area contributed by atoms with Crippen LogP contribution in [0.3, 0.4) is 0 Å². The third-order valence-electron chi connectivity index (χ3n) is 5.04. The number of nitrogens with one attached hydrogen (secondary N) is 1. The quantitative estimate of drug-likeness (QED) is 0.421. The van der Waals surface area contributed by atoms with E-state index in [9.17, 15) is 14.4 Å². The molecule has 0 saturated carbocycles. The smallest absolute Gasteiger partial charge is 0.332 e. The number of thiazole rings is 1. The molecule has 0 aliphatic carbocycles. The van der Waals surface area contributed by atoms with Crippen molar-refractivity contribution in [1.29, 1.82) is 0 Å². The number of hydrogen-bond acceptors (Lipinski definition) is 8. The number of anilines is 1. The number of fused-ring (bicyclic) bond motifs is 1. The van der Waals surface area contributed by atoms with Crippen LogP contribution in [0, 0.1) is 0 Å². The van der Waals surface area contributed by atoms with Crippen molar-refractivity contribution in [3.8, 4) is 11.5 Å². The Kier molecular flexibility index (Phi) is 6.50. The molecule has 0 fully saturated rings. The summed E-state index contributed by atoms with van der Waals surface area (Å²) in [7, 11) is 3.09. The van der Waals surface area contributed by atoms with E-state index < -0.39 is 17.2 Å². The van der Waals surface area contributed by atoms with Crippen LogP contribution in [0.25, 0.3) is 11.0 Å². The lowest BCUT2D eigenvalue weighted by Gasteiger charge is -2.14. The van der Waals surface area contributed by atoms with Gasteiger partial charge in [-0.25, -0.2) is 14.8 Å². The molecule has 3 heterocycles. The molecule has 11 heteroatoms. The van der Waals surface area contributed by atoms with E-state index >= 15 is 0 Å². The number of aryl methyl sites for hydroxylation is 1. The van der Waals surface area contributed by atoms with Gasteiger partial charge in [0.2, 0.25) is 5.91 Å². The summed E-state index contributed by atoms with van der Waals surface area (Å²) in [6.07, 6.45) is 3.44. The number of carbonyl (C=O) groups excluding carboxylic acids is 1. The topological polar surface area (TPSA) is 117 Å². The van der Waals surface area contributed by atoms with E-state index in [4.69, 9.17) is 9.47 Å². The van der Waals surface area contributed by atoms with Gasteiger partial charge in [0.15, 0.2) is 22.1 Å². The first-order valence-corrected chi connectivity index (χ1v) is 10.9. The molecule has 0 aliphatic rings. The summed E-state index contributed by atoms with van der Waals surface area (Å²) in [5.41, 5.74) is 0.173. The van der Waals surface area contributed by atoms with Crippen molar-refractivity contribution in [2.75, 3.05) is 19.5 Å². The number of rotatable bonds is 8. The number of pyridine rings is 1. The van der Waals surface area contributed by atoms with Gasteiger partial charge in [-0.2, -0.15) is 0 Å². The summed E-state index contributed by atoms with van der Waals surface area (Å²) in [6.45, 7) is -0.176. The van der Waals surface area contributed by atoms with E-state index in [1.165, 1.54) is 29.2 Å². The van der Waals surface area contributed by atoms with Crippen molar-refractivity contribution < 1.29 is 14.3 Å². The summed E-state index contributed by atoms with van der Waals surface area (Å²) in [5, 5.41) is 4.81. The molecule has 0 radical (unpaired) electrons. The second-order valence-electron chi connectivity index (χ2n) is 7.02. The van der Waals surface area contributed by atoms with E-state index in [-0.39, 0.29) is 18.6 Å². The third kappa shape index (κ3) is 4.62. The van der Waals surface area contributed by atoms with E-state index in [0.717, 1.165) is 10.1 Å². The maximum absolute atomic E-state index is 13.2. The molecular formula is C22H21N5O5S. The Bertz CT molecular complexity index is 1410. The number of hydrogen-bond donors (Lipinski definition) is 1. The fraction of sp³-hybridized carbons (Fsp3) is 0.227. The predicted octanol–water partition coefficient (Wildman–Crippen LogP) is 1.91. The van der Waals surface area contributed by atoms with Gasteiger partial charge in [0.05, 0.1) is 19.7 Å². The zero-order chi connectivity index (χ0) is 23.4. The van der Waals surface area contributed by atoms with Gasteiger partial charge in [-0.1, -0.05) is 6.07 Å². The Labute approximate surface area is 192 Å². The number of nitrogens with zero attached hydrogens (tertiary/aromatic N) is 4. The summed E-state index contributed by atoms with van der Waals surface area (Å²) in [4.78, 5) is 47.0. The van der Waals surface area contributed by atoms with Crippen LogP contribution in [-0.2, 0) is 24.3 Å². The molecule has 1 aromatic carbocycles. The van der Waals surface area contributed by atoms with Gasteiger partial charge in [0.1, 0.15) is 6.54 Å². The van der Waals surface area contributed by atoms with Crippen molar-refractivity contribution in [2.24, 2.45) is 0 Å². The first-order chi connectivity index (χ1) is 16.0. The fourth-order valence-electron chi connectivity index (χ4n) is 3.46. The highest BCUT2D eigenvalue weighted by Gasteiger charge is 2.17. The molecule has 10 nitrogen and oxygen atoms in total. The second-order valence-corrected chi connectivity index (χ2v) is 7.92. The number of aromatic nitrogens is 4. The summed E-state index contributed by atoms with van der Waals surface area (Å²) in [6, 6.07) is 8.61. The molecule has 0 aliphatic heterocycles. The molecule has 1 N–H and O–H groups in total. The largest absolute Gasteiger partial charge is 0.493 e. The molecule has 33 heavy (non-hydrogen) atoms. The number of benzene rings is 1. The van der Waals surface area contributed by atoms with Gasteiger partial charge in [0, 0.05) is 24.3 Å². The minimum atomic E-state index is -0.588. The zero-order valence-electron chi connectivity index (χ0n) is 18.0. The highest BCUT2D eigenvalue weighted by atomic mass is 32.1. The summed E-state index contributed by atoms with van der Waals surface area (Å²) in [5.74, 6) is 0.711. The lowest BCUT2D eigenvalue weighted by atomic mass is 10.1. The average molecular weight is 468 g/mol. The Morgan fingerprint density at radius 3 is 2.61 bits per heavy atom. The van der Waals surface area contributed by atoms with Gasteiger partial charge < -0.3 is 14.8 Å². The van der Waals surface area contributed by atoms with Crippen LogP contribution in [0.1, 0.15) is 5.56 Å². The van der Waals surface area contributed by atoms with Crippen LogP contribution in [0.15, 0.2) is 57.7 Å². The van der Waals surface area contributed by atoms with Crippen LogP contribution in [0.4, 0.5) is 5.13 Å². The fourth-order valence-corrected chi connectivity index (χ4v) is 4.00. The minimum absolute atomic E-state index is 0.105. The molecule has 0 spiro atoms. The molecule has 0 unspecified atom stereocenters.